The summed E-state index contributed by atoms with van der Waals surface area (Å²) in [6.45, 7) is 10.5. The molecule has 0 aliphatic heterocycles. The van der Waals surface area contributed by atoms with Crippen LogP contribution in [0.2, 0.25) is 0 Å². The lowest BCUT2D eigenvalue weighted by Gasteiger charge is -2.25. The second-order valence-electron chi connectivity index (χ2n) is 7.36. The van der Waals surface area contributed by atoms with Crippen molar-refractivity contribution >= 4 is 0 Å². The molecule has 2 nitrogen and oxygen atoms in total. The Labute approximate surface area is 135 Å². The largest absolute Gasteiger partial charge is 0.208 e. The molecule has 0 saturated carbocycles. The SMILES string of the molecule is CCC(C)(C)CC(C)C[n+]1ccc(-c2cc[n+](C)cc2)cc1. The molecule has 0 amide bonds. The van der Waals surface area contributed by atoms with E-state index in [0.29, 0.717) is 11.3 Å². The Bertz CT molecular complexity index is 582. The van der Waals surface area contributed by atoms with E-state index in [0.717, 1.165) is 6.54 Å². The molecule has 0 fully saturated rings. The van der Waals surface area contributed by atoms with Crippen molar-refractivity contribution in [3.63, 3.8) is 0 Å². The molecule has 22 heavy (non-hydrogen) atoms. The van der Waals surface area contributed by atoms with Crippen molar-refractivity contribution in [2.24, 2.45) is 18.4 Å². The molecule has 118 valence electrons. The quantitative estimate of drug-likeness (QED) is 0.714. The highest BCUT2D eigenvalue weighted by molar-refractivity contribution is 5.60. The number of aryl methyl sites for hydroxylation is 1. The van der Waals surface area contributed by atoms with Gasteiger partial charge in [-0.3, -0.25) is 0 Å². The van der Waals surface area contributed by atoms with Crippen LogP contribution in [-0.4, -0.2) is 0 Å². The minimum absolute atomic E-state index is 0.444. The normalized spacial score (nSPS) is 13.1. The molecular weight excluding hydrogens is 268 g/mol. The lowest BCUT2D eigenvalue weighted by Crippen LogP contribution is -2.37. The molecule has 2 aromatic heterocycles. The summed E-state index contributed by atoms with van der Waals surface area (Å²) in [7, 11) is 2.04. The van der Waals surface area contributed by atoms with E-state index in [2.05, 4.69) is 85.9 Å². The fraction of sp³-hybridized carbons (Fsp3) is 0.500. The van der Waals surface area contributed by atoms with E-state index in [1.54, 1.807) is 0 Å². The molecule has 2 aromatic rings. The van der Waals surface area contributed by atoms with Gasteiger partial charge in [0.1, 0.15) is 7.05 Å². The number of pyridine rings is 2. The van der Waals surface area contributed by atoms with Gasteiger partial charge in [0, 0.05) is 30.2 Å². The van der Waals surface area contributed by atoms with Crippen LogP contribution in [0.5, 0.6) is 0 Å². The second kappa shape index (κ2) is 7.04. The van der Waals surface area contributed by atoms with E-state index < -0.39 is 0 Å². The summed E-state index contributed by atoms with van der Waals surface area (Å²) < 4.78 is 4.37. The fourth-order valence-electron chi connectivity index (χ4n) is 2.98. The molecule has 0 aromatic carbocycles. The maximum atomic E-state index is 2.37. The zero-order valence-corrected chi connectivity index (χ0v) is 14.7. The molecule has 0 aliphatic carbocycles. The van der Waals surface area contributed by atoms with Gasteiger partial charge in [-0.2, -0.15) is 0 Å². The van der Waals surface area contributed by atoms with Gasteiger partial charge in [0.25, 0.3) is 0 Å². The van der Waals surface area contributed by atoms with E-state index in [4.69, 9.17) is 0 Å². The molecule has 2 heteroatoms. The predicted molar refractivity (Wildman–Crippen MR) is 91.1 cm³/mol. The van der Waals surface area contributed by atoms with Crippen LogP contribution in [0.4, 0.5) is 0 Å². The molecule has 0 aliphatic rings. The van der Waals surface area contributed by atoms with Crippen LogP contribution in [-0.2, 0) is 13.6 Å². The van der Waals surface area contributed by atoms with Crippen LogP contribution in [0.25, 0.3) is 11.1 Å². The molecule has 0 N–H and O–H groups in total. The fourth-order valence-corrected chi connectivity index (χ4v) is 2.98. The molecule has 1 unspecified atom stereocenters. The van der Waals surface area contributed by atoms with Crippen LogP contribution in [0.15, 0.2) is 49.1 Å². The minimum atomic E-state index is 0.444. The standard InChI is InChI=1S/C20H30N2/c1-6-20(3,4)15-17(2)16-22-13-9-19(10-14-22)18-7-11-21(5)12-8-18/h7-14,17H,6,15-16H2,1-5H3/q+2. The number of rotatable bonds is 6. The smallest absolute Gasteiger partial charge is 0.169 e. The lowest BCUT2D eigenvalue weighted by molar-refractivity contribution is -0.703. The third-order valence-corrected chi connectivity index (χ3v) is 4.58. The molecule has 1 atom stereocenters. The summed E-state index contributed by atoms with van der Waals surface area (Å²) in [5, 5.41) is 0. The number of nitrogens with zero attached hydrogens (tertiary/aromatic N) is 2. The van der Waals surface area contributed by atoms with Crippen molar-refractivity contribution in [3.05, 3.63) is 49.1 Å². The summed E-state index contributed by atoms with van der Waals surface area (Å²) in [5.74, 6) is 0.696. The topological polar surface area (TPSA) is 7.76 Å². The third kappa shape index (κ3) is 4.66. The molecular formula is C20H30N2+2. The van der Waals surface area contributed by atoms with Gasteiger partial charge < -0.3 is 0 Å². The van der Waals surface area contributed by atoms with E-state index in [-0.39, 0.29) is 0 Å². The van der Waals surface area contributed by atoms with Crippen molar-refractivity contribution in [2.75, 3.05) is 0 Å². The Morgan fingerprint density at radius 3 is 1.95 bits per heavy atom. The summed E-state index contributed by atoms with van der Waals surface area (Å²) in [6, 6.07) is 8.75. The second-order valence-corrected chi connectivity index (χ2v) is 7.36. The van der Waals surface area contributed by atoms with Crippen LogP contribution in [0.1, 0.15) is 40.5 Å². The summed E-state index contributed by atoms with van der Waals surface area (Å²) in [6.07, 6.45) is 11.1. The maximum absolute atomic E-state index is 2.37. The zero-order valence-electron chi connectivity index (χ0n) is 14.7. The summed E-state index contributed by atoms with van der Waals surface area (Å²) >= 11 is 0. The van der Waals surface area contributed by atoms with E-state index in [1.165, 1.54) is 24.0 Å². The van der Waals surface area contributed by atoms with Gasteiger partial charge >= 0.3 is 0 Å². The van der Waals surface area contributed by atoms with Crippen molar-refractivity contribution in [2.45, 2.75) is 47.1 Å². The van der Waals surface area contributed by atoms with Gasteiger partial charge in [-0.05, 0) is 23.0 Å². The predicted octanol–water partition coefficient (Wildman–Crippen LogP) is 3.93. The lowest BCUT2D eigenvalue weighted by atomic mass is 9.81. The van der Waals surface area contributed by atoms with Gasteiger partial charge in [0.05, 0.1) is 0 Å². The van der Waals surface area contributed by atoms with Crippen LogP contribution in [0, 0.1) is 11.3 Å². The minimum Gasteiger partial charge on any atom is -0.208 e. The monoisotopic (exact) mass is 298 g/mol. The number of hydrogen-bond acceptors (Lipinski definition) is 0. The van der Waals surface area contributed by atoms with Crippen LogP contribution < -0.4 is 9.13 Å². The van der Waals surface area contributed by atoms with Crippen LogP contribution in [0.3, 0.4) is 0 Å². The number of aromatic nitrogens is 2. The number of hydrogen-bond donors (Lipinski definition) is 0. The Morgan fingerprint density at radius 2 is 1.45 bits per heavy atom. The van der Waals surface area contributed by atoms with E-state index >= 15 is 0 Å². The van der Waals surface area contributed by atoms with Gasteiger partial charge in [-0.15, -0.1) is 0 Å². The first-order valence-corrected chi connectivity index (χ1v) is 8.34. The highest BCUT2D eigenvalue weighted by Crippen LogP contribution is 2.28. The first-order valence-electron chi connectivity index (χ1n) is 8.34. The molecule has 0 saturated heterocycles. The average molecular weight is 298 g/mol. The first kappa shape index (κ1) is 16.7. The average Bonchev–Trinajstić information content (AvgIpc) is 2.48. The molecule has 0 spiro atoms. The molecule has 2 heterocycles. The molecule has 0 bridgehead atoms. The van der Waals surface area contributed by atoms with E-state index in [1.807, 2.05) is 7.05 Å². The van der Waals surface area contributed by atoms with Crippen LogP contribution >= 0.6 is 0 Å². The van der Waals surface area contributed by atoms with Gasteiger partial charge in [0.2, 0.25) is 0 Å². The first-order chi connectivity index (χ1) is 10.4. The third-order valence-electron chi connectivity index (χ3n) is 4.58. The Balaban J connectivity index is 2.01. The highest BCUT2D eigenvalue weighted by atomic mass is 14.9. The van der Waals surface area contributed by atoms with Gasteiger partial charge in [-0.25, -0.2) is 9.13 Å². The summed E-state index contributed by atoms with van der Waals surface area (Å²) in [4.78, 5) is 0. The Hall–Kier alpha value is -1.70. The van der Waals surface area contributed by atoms with Crippen molar-refractivity contribution in [3.8, 4) is 11.1 Å². The highest BCUT2D eigenvalue weighted by Gasteiger charge is 2.21. The van der Waals surface area contributed by atoms with Gasteiger partial charge in [-0.1, -0.05) is 34.1 Å². The molecule has 0 radical (unpaired) electrons. The summed E-state index contributed by atoms with van der Waals surface area (Å²) in [5.41, 5.74) is 2.99. The van der Waals surface area contributed by atoms with Crippen molar-refractivity contribution in [1.29, 1.82) is 0 Å². The zero-order chi connectivity index (χ0) is 16.2. The Kier molecular flexibility index (Phi) is 5.33. The van der Waals surface area contributed by atoms with Gasteiger partial charge in [0.15, 0.2) is 31.3 Å². The molecule has 2 rings (SSSR count). The van der Waals surface area contributed by atoms with Crippen molar-refractivity contribution in [1.82, 2.24) is 0 Å². The maximum Gasteiger partial charge on any atom is 0.169 e. The van der Waals surface area contributed by atoms with E-state index in [9.17, 15) is 0 Å². The Morgan fingerprint density at radius 1 is 0.955 bits per heavy atom. The van der Waals surface area contributed by atoms with Crippen molar-refractivity contribution < 1.29 is 9.13 Å².